The van der Waals surface area contributed by atoms with Crippen molar-refractivity contribution in [3.8, 4) is 39.5 Å². The largest absolute Gasteiger partial charge is 0.334 e. The number of nitrogens with zero attached hydrogens (tertiary/aromatic N) is 5. The summed E-state index contributed by atoms with van der Waals surface area (Å²) in [6, 6.07) is 20.2. The van der Waals surface area contributed by atoms with Crippen LogP contribution in [-0.4, -0.2) is 13.7 Å². The van der Waals surface area contributed by atoms with E-state index in [-0.39, 0.29) is 16.6 Å². The first-order valence-corrected chi connectivity index (χ1v) is 15.1. The molecule has 2 aliphatic rings. The van der Waals surface area contributed by atoms with Crippen LogP contribution in [-0.2, 0) is 30.1 Å². The highest BCUT2D eigenvalue weighted by atomic mass is 15.3. The maximum atomic E-state index is 2.55. The van der Waals surface area contributed by atoms with Gasteiger partial charge in [-0.2, -0.15) is 0 Å². The molecule has 0 radical (unpaired) electrons. The number of rotatable bonds is 3. The summed E-state index contributed by atoms with van der Waals surface area (Å²) in [7, 11) is 2.16. The predicted molar refractivity (Wildman–Crippen MR) is 165 cm³/mol. The molecule has 5 heterocycles. The normalized spacial score (nSPS) is 20.1. The summed E-state index contributed by atoms with van der Waals surface area (Å²) in [5.41, 5.74) is 10.3. The fourth-order valence-corrected chi connectivity index (χ4v) is 7.66. The van der Waals surface area contributed by atoms with Crippen LogP contribution in [0.25, 0.3) is 39.5 Å². The molecular formula is C36H43N5+2. The van der Waals surface area contributed by atoms with Crippen LogP contribution in [0.2, 0.25) is 0 Å². The summed E-state index contributed by atoms with van der Waals surface area (Å²) in [5, 5.41) is 0. The minimum absolute atomic E-state index is 0.0656. The molecule has 7 rings (SSSR count). The van der Waals surface area contributed by atoms with E-state index in [4.69, 9.17) is 0 Å². The second kappa shape index (κ2) is 8.58. The Hall–Kier alpha value is -3.86. The Kier molecular flexibility index (Phi) is 5.45. The molecule has 0 amide bonds. The van der Waals surface area contributed by atoms with E-state index in [0.29, 0.717) is 0 Å². The minimum atomic E-state index is -0.120. The average Bonchev–Trinajstić information content (AvgIpc) is 3.66. The van der Waals surface area contributed by atoms with Crippen molar-refractivity contribution in [1.29, 1.82) is 0 Å². The standard InChI is InChI=1S/C36H43N5/c1-9-36(7)35(5,6)40-24-38(23-32(40)33-30(18-20-39(33)36)26-13-11-10-12-14-26)28-15-16-29-27(21-28)17-19-34(3,4)41-25(2)37(8)22-31(29)41/h10-16,18,20-24H,9,17,19H2,1-8H3/q+2. The van der Waals surface area contributed by atoms with Crippen LogP contribution in [0.15, 0.2) is 79.5 Å². The summed E-state index contributed by atoms with van der Waals surface area (Å²) in [6.45, 7) is 16.5. The molecule has 5 nitrogen and oxygen atoms in total. The lowest BCUT2D eigenvalue weighted by Gasteiger charge is -2.46. The molecule has 3 aromatic heterocycles. The van der Waals surface area contributed by atoms with Crippen LogP contribution in [0, 0.1) is 6.92 Å². The minimum Gasteiger partial charge on any atom is -0.334 e. The van der Waals surface area contributed by atoms with E-state index in [1.807, 2.05) is 0 Å². The zero-order valence-electron chi connectivity index (χ0n) is 25.9. The molecule has 2 aromatic carbocycles. The van der Waals surface area contributed by atoms with Gasteiger partial charge in [0.1, 0.15) is 34.9 Å². The van der Waals surface area contributed by atoms with Crippen molar-refractivity contribution < 1.29 is 9.13 Å². The Morgan fingerprint density at radius 3 is 2.41 bits per heavy atom. The fraction of sp³-hybridized carbons (Fsp3) is 0.389. The Bertz CT molecular complexity index is 1810. The van der Waals surface area contributed by atoms with Crippen LogP contribution in [0.3, 0.4) is 0 Å². The molecular weight excluding hydrogens is 502 g/mol. The van der Waals surface area contributed by atoms with Gasteiger partial charge in [-0.3, -0.25) is 0 Å². The van der Waals surface area contributed by atoms with Gasteiger partial charge in [0.05, 0.1) is 12.6 Å². The zero-order chi connectivity index (χ0) is 28.9. The quantitative estimate of drug-likeness (QED) is 0.217. The van der Waals surface area contributed by atoms with Gasteiger partial charge in [0.25, 0.3) is 5.82 Å². The number of hydrogen-bond donors (Lipinski definition) is 0. The van der Waals surface area contributed by atoms with E-state index in [0.717, 1.165) is 19.3 Å². The third-order valence-electron chi connectivity index (χ3n) is 10.8. The van der Waals surface area contributed by atoms with Gasteiger partial charge in [-0.1, -0.05) is 37.3 Å². The maximum Gasteiger partial charge on any atom is 0.253 e. The first-order valence-electron chi connectivity index (χ1n) is 15.1. The highest BCUT2D eigenvalue weighted by Crippen LogP contribution is 2.47. The zero-order valence-corrected chi connectivity index (χ0v) is 25.9. The van der Waals surface area contributed by atoms with Crippen LogP contribution < -0.4 is 9.13 Å². The van der Waals surface area contributed by atoms with Crippen LogP contribution in [0.4, 0.5) is 0 Å². The van der Waals surface area contributed by atoms with E-state index in [9.17, 15) is 0 Å². The Balaban J connectivity index is 1.41. The first-order chi connectivity index (χ1) is 19.5. The van der Waals surface area contributed by atoms with Gasteiger partial charge < -0.3 is 4.57 Å². The highest BCUT2D eigenvalue weighted by molar-refractivity contribution is 5.80. The highest BCUT2D eigenvalue weighted by Gasteiger charge is 2.53. The van der Waals surface area contributed by atoms with E-state index in [1.165, 1.54) is 50.8 Å². The predicted octanol–water partition coefficient (Wildman–Crippen LogP) is 7.06. The van der Waals surface area contributed by atoms with E-state index in [2.05, 4.69) is 158 Å². The fourth-order valence-electron chi connectivity index (χ4n) is 7.66. The maximum absolute atomic E-state index is 2.55. The lowest BCUT2D eigenvalue weighted by Crippen LogP contribution is -2.67. The molecule has 0 spiro atoms. The Labute approximate surface area is 244 Å². The molecule has 0 N–H and O–H groups in total. The second-order valence-corrected chi connectivity index (χ2v) is 13.6. The molecule has 1 unspecified atom stereocenters. The number of imidazole rings is 2. The van der Waals surface area contributed by atoms with Crippen LogP contribution >= 0.6 is 0 Å². The molecule has 0 bridgehead atoms. The van der Waals surface area contributed by atoms with Crippen molar-refractivity contribution in [3.05, 3.63) is 90.9 Å². The van der Waals surface area contributed by atoms with Gasteiger partial charge >= 0.3 is 0 Å². The molecule has 5 aromatic rings. The number of hydrogen-bond acceptors (Lipinski definition) is 0. The van der Waals surface area contributed by atoms with E-state index >= 15 is 0 Å². The van der Waals surface area contributed by atoms with Crippen molar-refractivity contribution in [2.45, 2.75) is 84.3 Å². The van der Waals surface area contributed by atoms with Crippen molar-refractivity contribution >= 4 is 0 Å². The van der Waals surface area contributed by atoms with Crippen LogP contribution in [0.5, 0.6) is 0 Å². The van der Waals surface area contributed by atoms with Crippen LogP contribution in [0.1, 0.15) is 65.8 Å². The van der Waals surface area contributed by atoms with Gasteiger partial charge in [0.2, 0.25) is 6.33 Å². The number of aryl methyl sites for hydroxylation is 2. The first kappa shape index (κ1) is 26.1. The topological polar surface area (TPSA) is 22.5 Å². The molecule has 210 valence electrons. The summed E-state index contributed by atoms with van der Waals surface area (Å²) in [6.07, 6.45) is 12.5. The van der Waals surface area contributed by atoms with Gasteiger partial charge in [0.15, 0.2) is 11.4 Å². The van der Waals surface area contributed by atoms with Crippen molar-refractivity contribution in [1.82, 2.24) is 13.7 Å². The van der Waals surface area contributed by atoms with Gasteiger partial charge in [-0.05, 0) is 89.3 Å². The van der Waals surface area contributed by atoms with Crippen molar-refractivity contribution in [2.75, 3.05) is 0 Å². The molecule has 0 fully saturated rings. The molecule has 0 saturated carbocycles. The van der Waals surface area contributed by atoms with Gasteiger partial charge in [-0.25, -0.2) is 18.3 Å². The van der Waals surface area contributed by atoms with Crippen molar-refractivity contribution in [3.63, 3.8) is 0 Å². The SMILES string of the molecule is CCC1(C)n2ccc(-c3ccccc3)c2-c2cn(-c3ccc4c(c3)CCC(C)(C)n3c-4c[n+](C)c3C)c[n+]2C1(C)C. The van der Waals surface area contributed by atoms with E-state index < -0.39 is 0 Å². The van der Waals surface area contributed by atoms with Gasteiger partial charge in [0, 0.05) is 24.2 Å². The molecule has 5 heteroatoms. The number of aromatic nitrogens is 5. The molecule has 41 heavy (non-hydrogen) atoms. The molecule has 2 aliphatic heterocycles. The lowest BCUT2D eigenvalue weighted by molar-refractivity contribution is -0.764. The molecule has 0 aliphatic carbocycles. The third kappa shape index (κ3) is 3.47. The summed E-state index contributed by atoms with van der Waals surface area (Å²) in [5.74, 6) is 1.30. The molecule has 0 saturated heterocycles. The summed E-state index contributed by atoms with van der Waals surface area (Å²) in [4.78, 5) is 0. The van der Waals surface area contributed by atoms with E-state index in [1.54, 1.807) is 0 Å². The second-order valence-electron chi connectivity index (χ2n) is 13.6. The Morgan fingerprint density at radius 1 is 0.927 bits per heavy atom. The Morgan fingerprint density at radius 2 is 1.68 bits per heavy atom. The number of benzene rings is 2. The monoisotopic (exact) mass is 545 g/mol. The molecule has 1 atom stereocenters. The summed E-state index contributed by atoms with van der Waals surface area (Å²) < 4.78 is 12.2. The van der Waals surface area contributed by atoms with Crippen molar-refractivity contribution in [2.24, 2.45) is 7.05 Å². The number of fused-ring (bicyclic) bond motifs is 6. The third-order valence-corrected chi connectivity index (χ3v) is 10.8. The van der Waals surface area contributed by atoms with Gasteiger partial charge in [-0.15, -0.1) is 0 Å². The lowest BCUT2D eigenvalue weighted by atomic mass is 9.76. The summed E-state index contributed by atoms with van der Waals surface area (Å²) >= 11 is 0. The average molecular weight is 546 g/mol. The smallest absolute Gasteiger partial charge is 0.253 e.